The highest BCUT2D eigenvalue weighted by molar-refractivity contribution is 6.33. The lowest BCUT2D eigenvalue weighted by Crippen LogP contribution is -2.38. The molecule has 1 N–H and O–H groups in total. The Morgan fingerprint density at radius 2 is 1.83 bits per heavy atom. The fourth-order valence-corrected chi connectivity index (χ4v) is 2.39. The van der Waals surface area contributed by atoms with Crippen molar-refractivity contribution in [3.05, 3.63) is 60.2 Å². The zero-order valence-electron chi connectivity index (χ0n) is 12.6. The van der Waals surface area contributed by atoms with E-state index in [0.717, 1.165) is 5.56 Å². The van der Waals surface area contributed by atoms with Gasteiger partial charge in [0.05, 0.1) is 6.42 Å². The van der Waals surface area contributed by atoms with Crippen LogP contribution in [-0.4, -0.2) is 28.4 Å². The Bertz CT molecular complexity index is 645. The molecule has 0 amide bonds. The number of rotatable bonds is 7. The Kier molecular flexibility index (Phi) is 5.46. The molecule has 0 radical (unpaired) electrons. The maximum Gasteiger partial charge on any atom is 0.375 e. The minimum Gasteiger partial charge on any atom is -0.481 e. The summed E-state index contributed by atoms with van der Waals surface area (Å²) in [6, 6.07) is 9.53. The highest BCUT2D eigenvalue weighted by atomic mass is 16.6. The molecule has 120 valence electrons. The molecule has 23 heavy (non-hydrogen) atoms. The summed E-state index contributed by atoms with van der Waals surface area (Å²) in [6.07, 6.45) is 7.46. The first kappa shape index (κ1) is 16.7. The van der Waals surface area contributed by atoms with Crippen LogP contribution in [0, 0.1) is 0 Å². The van der Waals surface area contributed by atoms with Crippen molar-refractivity contribution in [1.82, 2.24) is 0 Å². The highest BCUT2D eigenvalue weighted by Gasteiger charge is 2.34. The van der Waals surface area contributed by atoms with Gasteiger partial charge in [-0.3, -0.25) is 9.59 Å². The molecule has 0 heterocycles. The van der Waals surface area contributed by atoms with Crippen LogP contribution in [0.3, 0.4) is 0 Å². The Balaban J connectivity index is 2.08. The lowest BCUT2D eigenvalue weighted by atomic mass is 9.88. The van der Waals surface area contributed by atoms with Crippen molar-refractivity contribution in [2.45, 2.75) is 31.3 Å². The zero-order valence-corrected chi connectivity index (χ0v) is 12.6. The molecule has 0 saturated heterocycles. The number of carboxylic acids is 1. The highest BCUT2D eigenvalue weighted by Crippen LogP contribution is 2.27. The zero-order chi connectivity index (χ0) is 16.7. The van der Waals surface area contributed by atoms with Crippen LogP contribution in [0.5, 0.6) is 0 Å². The monoisotopic (exact) mass is 314 g/mol. The van der Waals surface area contributed by atoms with Gasteiger partial charge in [-0.1, -0.05) is 48.6 Å². The summed E-state index contributed by atoms with van der Waals surface area (Å²) in [7, 11) is 0. The number of ketones is 1. The molecule has 0 aromatic heterocycles. The smallest absolute Gasteiger partial charge is 0.375 e. The van der Waals surface area contributed by atoms with Crippen LogP contribution in [0.4, 0.5) is 0 Å². The van der Waals surface area contributed by atoms with Gasteiger partial charge in [-0.05, 0) is 11.6 Å². The van der Waals surface area contributed by atoms with Crippen molar-refractivity contribution in [3.8, 4) is 0 Å². The third-order valence-electron chi connectivity index (χ3n) is 3.55. The Morgan fingerprint density at radius 1 is 1.09 bits per heavy atom. The van der Waals surface area contributed by atoms with E-state index in [4.69, 9.17) is 9.84 Å². The van der Waals surface area contributed by atoms with Gasteiger partial charge in [-0.25, -0.2) is 4.79 Å². The third-order valence-corrected chi connectivity index (χ3v) is 3.55. The molecule has 1 unspecified atom stereocenters. The lowest BCUT2D eigenvalue weighted by Gasteiger charge is -2.31. The fraction of sp³-hybridized carbons (Fsp3) is 0.278. The first-order valence-electron chi connectivity index (χ1n) is 7.37. The number of carbonyl (C=O) groups is 3. The van der Waals surface area contributed by atoms with Gasteiger partial charge < -0.3 is 9.84 Å². The molecule has 1 aromatic carbocycles. The van der Waals surface area contributed by atoms with Crippen molar-refractivity contribution in [1.29, 1.82) is 0 Å². The second kappa shape index (κ2) is 7.54. The van der Waals surface area contributed by atoms with Crippen molar-refractivity contribution in [3.63, 3.8) is 0 Å². The van der Waals surface area contributed by atoms with Crippen molar-refractivity contribution >= 4 is 17.7 Å². The van der Waals surface area contributed by atoms with E-state index in [1.54, 1.807) is 12.2 Å². The average Bonchev–Trinajstić information content (AvgIpc) is 2.54. The molecule has 0 saturated carbocycles. The van der Waals surface area contributed by atoms with Crippen LogP contribution in [0.15, 0.2) is 54.6 Å². The normalized spacial score (nSPS) is 19.3. The standard InChI is InChI=1S/C18H18O5/c19-15(9-10-16(20)21)17(22)23-18(11-5-2-6-12-18)13-14-7-3-1-4-8-14/h1-8,11H,9-10,12-13H2,(H,20,21). The second-order valence-corrected chi connectivity index (χ2v) is 5.42. The largest absolute Gasteiger partial charge is 0.481 e. The number of hydrogen-bond donors (Lipinski definition) is 1. The lowest BCUT2D eigenvalue weighted by molar-refractivity contribution is -0.162. The van der Waals surface area contributed by atoms with Gasteiger partial charge >= 0.3 is 11.9 Å². The summed E-state index contributed by atoms with van der Waals surface area (Å²) < 4.78 is 5.46. The van der Waals surface area contributed by atoms with Crippen molar-refractivity contribution in [2.75, 3.05) is 0 Å². The minimum atomic E-state index is -1.12. The number of carboxylic acid groups (broad SMARTS) is 1. The van der Waals surface area contributed by atoms with E-state index in [0.29, 0.717) is 12.8 Å². The van der Waals surface area contributed by atoms with Crippen LogP contribution in [-0.2, 0) is 25.5 Å². The predicted octanol–water partition coefficient (Wildman–Crippen LogP) is 2.46. The van der Waals surface area contributed by atoms with Crippen LogP contribution in [0.25, 0.3) is 0 Å². The van der Waals surface area contributed by atoms with Gasteiger partial charge in [-0.15, -0.1) is 0 Å². The number of aliphatic carboxylic acids is 1. The third kappa shape index (κ3) is 4.92. The van der Waals surface area contributed by atoms with Gasteiger partial charge in [0.15, 0.2) is 0 Å². The maximum atomic E-state index is 12.0. The molecule has 0 fully saturated rings. The van der Waals surface area contributed by atoms with Crippen LogP contribution in [0.1, 0.15) is 24.8 Å². The quantitative estimate of drug-likeness (QED) is 0.617. The number of hydrogen-bond acceptors (Lipinski definition) is 4. The van der Waals surface area contributed by atoms with E-state index in [1.807, 2.05) is 42.5 Å². The van der Waals surface area contributed by atoms with E-state index in [9.17, 15) is 14.4 Å². The predicted molar refractivity (Wildman–Crippen MR) is 83.7 cm³/mol. The number of Topliss-reactive ketones (excluding diaryl/α,β-unsaturated/α-hetero) is 1. The molecule has 2 rings (SSSR count). The number of allylic oxidation sites excluding steroid dienone is 2. The van der Waals surface area contributed by atoms with E-state index in [-0.39, 0.29) is 12.8 Å². The number of esters is 1. The number of ether oxygens (including phenoxy) is 1. The molecule has 5 heteroatoms. The molecule has 0 spiro atoms. The maximum absolute atomic E-state index is 12.0. The van der Waals surface area contributed by atoms with Gasteiger partial charge in [0.2, 0.25) is 5.78 Å². The van der Waals surface area contributed by atoms with E-state index >= 15 is 0 Å². The summed E-state index contributed by atoms with van der Waals surface area (Å²) in [5.41, 5.74) is 0.0738. The molecular weight excluding hydrogens is 296 g/mol. The summed E-state index contributed by atoms with van der Waals surface area (Å²) in [6.45, 7) is 0. The van der Waals surface area contributed by atoms with Gasteiger partial charge in [0, 0.05) is 19.3 Å². The average molecular weight is 314 g/mol. The SMILES string of the molecule is O=C(O)CCC(=O)C(=O)OC1(Cc2ccccc2)C=CC=CC1. The van der Waals surface area contributed by atoms with Crippen LogP contribution < -0.4 is 0 Å². The van der Waals surface area contributed by atoms with E-state index in [1.165, 1.54) is 0 Å². The molecule has 1 aromatic rings. The van der Waals surface area contributed by atoms with Crippen molar-refractivity contribution in [2.24, 2.45) is 0 Å². The Labute approximate surface area is 134 Å². The minimum absolute atomic E-state index is 0.352. The summed E-state index contributed by atoms with van der Waals surface area (Å²) in [4.78, 5) is 34.2. The molecule has 5 nitrogen and oxygen atoms in total. The van der Waals surface area contributed by atoms with E-state index < -0.39 is 23.3 Å². The molecule has 0 bridgehead atoms. The summed E-state index contributed by atoms with van der Waals surface area (Å²) in [5, 5.41) is 8.59. The Hall–Kier alpha value is -2.69. The van der Waals surface area contributed by atoms with Crippen LogP contribution >= 0.6 is 0 Å². The Morgan fingerprint density at radius 3 is 2.43 bits per heavy atom. The van der Waals surface area contributed by atoms with E-state index in [2.05, 4.69) is 0 Å². The first-order chi connectivity index (χ1) is 11.0. The molecule has 1 aliphatic rings. The first-order valence-corrected chi connectivity index (χ1v) is 7.37. The second-order valence-electron chi connectivity index (χ2n) is 5.42. The fourth-order valence-electron chi connectivity index (χ4n) is 2.39. The van der Waals surface area contributed by atoms with Crippen molar-refractivity contribution < 1.29 is 24.2 Å². The topological polar surface area (TPSA) is 80.7 Å². The molecular formula is C18H18O5. The van der Waals surface area contributed by atoms with Gasteiger partial charge in [0.1, 0.15) is 5.60 Å². The molecule has 0 aliphatic heterocycles. The summed E-state index contributed by atoms with van der Waals surface area (Å²) >= 11 is 0. The van der Waals surface area contributed by atoms with Gasteiger partial charge in [0.25, 0.3) is 0 Å². The molecule has 1 atom stereocenters. The van der Waals surface area contributed by atoms with Crippen LogP contribution in [0.2, 0.25) is 0 Å². The molecule has 1 aliphatic carbocycles. The van der Waals surface area contributed by atoms with Gasteiger partial charge in [-0.2, -0.15) is 0 Å². The summed E-state index contributed by atoms with van der Waals surface area (Å²) in [5.74, 6) is -2.92. The number of carbonyl (C=O) groups excluding carboxylic acids is 2. The number of benzene rings is 1.